The van der Waals surface area contributed by atoms with Crippen molar-refractivity contribution in [1.82, 2.24) is 9.97 Å². The molecule has 0 aromatic carbocycles. The minimum atomic E-state index is 0.196. The molecule has 3 heterocycles. The van der Waals surface area contributed by atoms with Crippen LogP contribution >= 0.6 is 11.6 Å². The predicted molar refractivity (Wildman–Crippen MR) is 81.6 cm³/mol. The summed E-state index contributed by atoms with van der Waals surface area (Å²) in [6, 6.07) is 1.75. The summed E-state index contributed by atoms with van der Waals surface area (Å²) in [7, 11) is 0. The highest BCUT2D eigenvalue weighted by Crippen LogP contribution is 2.23. The maximum atomic E-state index is 6.01. The zero-order valence-electron chi connectivity index (χ0n) is 12.0. The van der Waals surface area contributed by atoms with E-state index in [1.807, 2.05) is 0 Å². The molecule has 0 saturated carbocycles. The van der Waals surface area contributed by atoms with Crippen LogP contribution in [0.3, 0.4) is 0 Å². The second-order valence-corrected chi connectivity index (χ2v) is 5.97. The van der Waals surface area contributed by atoms with Crippen LogP contribution in [0, 0.1) is 0 Å². The molecule has 3 rings (SSSR count). The van der Waals surface area contributed by atoms with Crippen LogP contribution in [0.2, 0.25) is 5.15 Å². The summed E-state index contributed by atoms with van der Waals surface area (Å²) >= 11 is 6.01. The van der Waals surface area contributed by atoms with E-state index in [0.717, 1.165) is 57.8 Å². The fraction of sp³-hybridized carbons (Fsp3) is 0.714. The zero-order valence-corrected chi connectivity index (χ0v) is 12.8. The standard InChI is InChI=1S/C14H21ClN4O2/c15-12-7-13(18-14(16)17-12)19(8-10-3-1-5-20-10)9-11-4-2-6-21-11/h7,10-11H,1-6,8-9H2,(H2,16,17,18)/t10-,11-/m1/s1. The number of nitrogens with two attached hydrogens (primary N) is 1. The molecular weight excluding hydrogens is 292 g/mol. The molecule has 1 aromatic heterocycles. The average Bonchev–Trinajstić information content (AvgIpc) is 3.10. The smallest absolute Gasteiger partial charge is 0.223 e. The summed E-state index contributed by atoms with van der Waals surface area (Å²) in [6.45, 7) is 3.25. The van der Waals surface area contributed by atoms with E-state index in [2.05, 4.69) is 14.9 Å². The third-order valence-corrected chi connectivity index (χ3v) is 4.11. The molecule has 0 unspecified atom stereocenters. The Kier molecular flexibility index (Phi) is 4.77. The van der Waals surface area contributed by atoms with E-state index in [9.17, 15) is 0 Å². The molecule has 6 nitrogen and oxygen atoms in total. The molecule has 2 atom stereocenters. The van der Waals surface area contributed by atoms with Crippen molar-refractivity contribution in [3.05, 3.63) is 11.2 Å². The van der Waals surface area contributed by atoms with Gasteiger partial charge in [-0.1, -0.05) is 11.6 Å². The molecule has 0 radical (unpaired) electrons. The molecule has 0 bridgehead atoms. The number of nitrogens with zero attached hydrogens (tertiary/aromatic N) is 3. The minimum absolute atomic E-state index is 0.196. The van der Waals surface area contributed by atoms with Crippen LogP contribution in [-0.4, -0.2) is 48.5 Å². The van der Waals surface area contributed by atoms with Crippen molar-refractivity contribution in [3.8, 4) is 0 Å². The SMILES string of the molecule is Nc1nc(Cl)cc(N(C[C@H]2CCCO2)C[C@H]2CCCO2)n1. The van der Waals surface area contributed by atoms with Gasteiger partial charge in [0.25, 0.3) is 0 Å². The molecule has 1 aromatic rings. The summed E-state index contributed by atoms with van der Waals surface area (Å²) in [6.07, 6.45) is 4.87. The number of aromatic nitrogens is 2. The highest BCUT2D eigenvalue weighted by molar-refractivity contribution is 6.29. The van der Waals surface area contributed by atoms with Crippen LogP contribution < -0.4 is 10.6 Å². The van der Waals surface area contributed by atoms with Crippen molar-refractivity contribution < 1.29 is 9.47 Å². The summed E-state index contributed by atoms with van der Waals surface area (Å²) in [5.41, 5.74) is 5.72. The van der Waals surface area contributed by atoms with Gasteiger partial charge in [-0.05, 0) is 25.7 Å². The lowest BCUT2D eigenvalue weighted by molar-refractivity contribution is 0.0996. The molecule has 0 aliphatic carbocycles. The molecule has 2 aliphatic rings. The van der Waals surface area contributed by atoms with E-state index in [1.54, 1.807) is 6.07 Å². The Morgan fingerprint density at radius 3 is 2.24 bits per heavy atom. The maximum absolute atomic E-state index is 6.01. The van der Waals surface area contributed by atoms with E-state index < -0.39 is 0 Å². The molecule has 7 heteroatoms. The van der Waals surface area contributed by atoms with Crippen molar-refractivity contribution in [2.45, 2.75) is 37.9 Å². The molecule has 2 fully saturated rings. The predicted octanol–water partition coefficient (Wildman–Crippen LogP) is 1.88. The van der Waals surface area contributed by atoms with Crippen LogP contribution in [0.25, 0.3) is 0 Å². The van der Waals surface area contributed by atoms with E-state index in [1.165, 1.54) is 0 Å². The first-order chi connectivity index (χ1) is 10.2. The Balaban J connectivity index is 1.75. The van der Waals surface area contributed by atoms with E-state index in [0.29, 0.717) is 5.15 Å². The summed E-state index contributed by atoms with van der Waals surface area (Å²) in [4.78, 5) is 10.4. The lowest BCUT2D eigenvalue weighted by Crippen LogP contribution is -2.38. The van der Waals surface area contributed by atoms with Gasteiger partial charge < -0.3 is 20.1 Å². The molecule has 21 heavy (non-hydrogen) atoms. The minimum Gasteiger partial charge on any atom is -0.376 e. The molecule has 2 aliphatic heterocycles. The van der Waals surface area contributed by atoms with Gasteiger partial charge in [0.05, 0.1) is 12.2 Å². The maximum Gasteiger partial charge on any atom is 0.223 e. The lowest BCUT2D eigenvalue weighted by atomic mass is 10.2. The van der Waals surface area contributed by atoms with Gasteiger partial charge in [0.2, 0.25) is 5.95 Å². The van der Waals surface area contributed by atoms with Gasteiger partial charge in [0.1, 0.15) is 11.0 Å². The van der Waals surface area contributed by atoms with Gasteiger partial charge in [-0.25, -0.2) is 4.98 Å². The first-order valence-electron chi connectivity index (χ1n) is 7.49. The van der Waals surface area contributed by atoms with Gasteiger partial charge in [-0.3, -0.25) is 0 Å². The average molecular weight is 313 g/mol. The fourth-order valence-electron chi connectivity index (χ4n) is 2.91. The van der Waals surface area contributed by atoms with Gasteiger partial charge in [0.15, 0.2) is 0 Å². The van der Waals surface area contributed by atoms with Crippen LogP contribution in [-0.2, 0) is 9.47 Å². The highest BCUT2D eigenvalue weighted by Gasteiger charge is 2.25. The number of ether oxygens (including phenoxy) is 2. The third kappa shape index (κ3) is 3.96. The Bertz CT molecular complexity index is 438. The van der Waals surface area contributed by atoms with E-state index in [-0.39, 0.29) is 18.2 Å². The number of rotatable bonds is 5. The van der Waals surface area contributed by atoms with Crippen molar-refractivity contribution in [1.29, 1.82) is 0 Å². The second-order valence-electron chi connectivity index (χ2n) is 5.58. The molecule has 2 N–H and O–H groups in total. The topological polar surface area (TPSA) is 73.5 Å². The molecule has 2 saturated heterocycles. The Morgan fingerprint density at radius 1 is 1.14 bits per heavy atom. The van der Waals surface area contributed by atoms with Crippen LogP contribution in [0.1, 0.15) is 25.7 Å². The highest BCUT2D eigenvalue weighted by atomic mass is 35.5. The van der Waals surface area contributed by atoms with Crippen molar-refractivity contribution in [2.24, 2.45) is 0 Å². The summed E-state index contributed by atoms with van der Waals surface area (Å²) in [5, 5.41) is 0.363. The largest absolute Gasteiger partial charge is 0.376 e. The quantitative estimate of drug-likeness (QED) is 0.837. The second kappa shape index (κ2) is 6.77. The van der Waals surface area contributed by atoms with E-state index in [4.69, 9.17) is 26.8 Å². The number of anilines is 2. The number of nitrogen functional groups attached to an aromatic ring is 1. The Hall–Kier alpha value is -1.11. The summed E-state index contributed by atoms with van der Waals surface area (Å²) in [5.74, 6) is 0.945. The normalized spacial score (nSPS) is 25.4. The van der Waals surface area contributed by atoms with Crippen molar-refractivity contribution in [2.75, 3.05) is 36.9 Å². The Morgan fingerprint density at radius 2 is 1.76 bits per heavy atom. The zero-order chi connectivity index (χ0) is 14.7. The molecule has 116 valence electrons. The lowest BCUT2D eigenvalue weighted by Gasteiger charge is -2.28. The van der Waals surface area contributed by atoms with Crippen LogP contribution in [0.15, 0.2) is 6.07 Å². The molecule has 0 amide bonds. The monoisotopic (exact) mass is 312 g/mol. The summed E-state index contributed by atoms with van der Waals surface area (Å²) < 4.78 is 11.5. The van der Waals surface area contributed by atoms with Crippen molar-refractivity contribution >= 4 is 23.4 Å². The number of halogens is 1. The molecular formula is C14H21ClN4O2. The Labute approximate surface area is 129 Å². The van der Waals surface area contributed by atoms with Gasteiger partial charge >= 0.3 is 0 Å². The van der Waals surface area contributed by atoms with Gasteiger partial charge in [0, 0.05) is 32.4 Å². The molecule has 0 spiro atoms. The fourth-order valence-corrected chi connectivity index (χ4v) is 3.10. The third-order valence-electron chi connectivity index (χ3n) is 3.92. The number of hydrogen-bond donors (Lipinski definition) is 1. The van der Waals surface area contributed by atoms with Crippen LogP contribution in [0.4, 0.5) is 11.8 Å². The first-order valence-corrected chi connectivity index (χ1v) is 7.87. The van der Waals surface area contributed by atoms with Crippen molar-refractivity contribution in [3.63, 3.8) is 0 Å². The first kappa shape index (κ1) is 14.8. The van der Waals surface area contributed by atoms with Gasteiger partial charge in [-0.2, -0.15) is 4.98 Å². The van der Waals surface area contributed by atoms with Gasteiger partial charge in [-0.15, -0.1) is 0 Å². The van der Waals surface area contributed by atoms with E-state index >= 15 is 0 Å². The number of hydrogen-bond acceptors (Lipinski definition) is 6. The van der Waals surface area contributed by atoms with Crippen LogP contribution in [0.5, 0.6) is 0 Å².